The summed E-state index contributed by atoms with van der Waals surface area (Å²) in [6.07, 6.45) is 3.62. The number of rotatable bonds is 2. The lowest BCUT2D eigenvalue weighted by Crippen LogP contribution is -1.77. The molecule has 12 heavy (non-hydrogen) atoms. The van der Waals surface area contributed by atoms with Crippen LogP contribution in [-0.4, -0.2) is 6.21 Å². The topological polar surface area (TPSA) is 12.4 Å². The van der Waals surface area contributed by atoms with Crippen LogP contribution >= 0.6 is 0 Å². The van der Waals surface area contributed by atoms with Crippen LogP contribution in [0.5, 0.6) is 0 Å². The Morgan fingerprint density at radius 1 is 1.42 bits per heavy atom. The molecule has 0 heterocycles. The van der Waals surface area contributed by atoms with Gasteiger partial charge in [-0.1, -0.05) is 24.3 Å². The summed E-state index contributed by atoms with van der Waals surface area (Å²) in [6.45, 7) is 7.71. The van der Waals surface area contributed by atoms with Gasteiger partial charge in [-0.15, -0.1) is 0 Å². The number of hydrogen-bond acceptors (Lipinski definition) is 1. The lowest BCUT2D eigenvalue weighted by molar-refractivity contribution is 1.42. The van der Waals surface area contributed by atoms with Gasteiger partial charge in [-0.05, 0) is 31.5 Å². The molecule has 0 saturated carbocycles. The molecule has 0 amide bonds. The van der Waals surface area contributed by atoms with Crippen LogP contribution in [0.15, 0.2) is 29.8 Å². The van der Waals surface area contributed by atoms with E-state index in [-0.39, 0.29) is 0 Å². The first-order valence-corrected chi connectivity index (χ1v) is 3.99. The first kappa shape index (κ1) is 8.72. The maximum absolute atomic E-state index is 4.22. The molecule has 0 fully saturated rings. The van der Waals surface area contributed by atoms with E-state index in [0.717, 1.165) is 11.3 Å². The van der Waals surface area contributed by atoms with Gasteiger partial charge in [-0.2, -0.15) is 0 Å². The van der Waals surface area contributed by atoms with Gasteiger partial charge in [0.2, 0.25) is 0 Å². The summed E-state index contributed by atoms with van der Waals surface area (Å²) in [6, 6.07) is 6.14. The largest absolute Gasteiger partial charge is 0.261 e. The van der Waals surface area contributed by atoms with Crippen LogP contribution < -0.4 is 0 Å². The fourth-order valence-corrected chi connectivity index (χ4v) is 1.09. The van der Waals surface area contributed by atoms with Crippen molar-refractivity contribution in [3.63, 3.8) is 0 Å². The molecule has 0 bridgehead atoms. The Kier molecular flexibility index (Phi) is 2.81. The van der Waals surface area contributed by atoms with E-state index in [2.05, 4.69) is 30.6 Å². The van der Waals surface area contributed by atoms with Crippen molar-refractivity contribution in [1.29, 1.82) is 0 Å². The molecule has 0 N–H and O–H groups in total. The summed E-state index contributed by atoms with van der Waals surface area (Å²) in [4.78, 5) is 4.22. The minimum atomic E-state index is 0.984. The van der Waals surface area contributed by atoms with Gasteiger partial charge in [-0.3, -0.25) is 4.99 Å². The van der Waals surface area contributed by atoms with Crippen molar-refractivity contribution in [2.24, 2.45) is 4.99 Å². The average Bonchev–Trinajstić information content (AvgIpc) is 2.08. The van der Waals surface area contributed by atoms with Crippen LogP contribution in [0.4, 0.5) is 5.69 Å². The van der Waals surface area contributed by atoms with Gasteiger partial charge >= 0.3 is 0 Å². The Morgan fingerprint density at radius 3 is 2.75 bits per heavy atom. The smallest absolute Gasteiger partial charge is 0.0697 e. The van der Waals surface area contributed by atoms with Crippen LogP contribution in [-0.2, 0) is 0 Å². The third-order valence-corrected chi connectivity index (χ3v) is 1.67. The number of benzene rings is 1. The van der Waals surface area contributed by atoms with Crippen LogP contribution in [0.2, 0.25) is 0 Å². The minimum Gasteiger partial charge on any atom is -0.261 e. The second-order valence-corrected chi connectivity index (χ2v) is 2.65. The number of hydrogen-bond donors (Lipinski definition) is 0. The summed E-state index contributed by atoms with van der Waals surface area (Å²) < 4.78 is 0. The van der Waals surface area contributed by atoms with Crippen molar-refractivity contribution in [3.8, 4) is 0 Å². The molecule has 1 aromatic rings. The van der Waals surface area contributed by atoms with Gasteiger partial charge in [-0.25, -0.2) is 0 Å². The van der Waals surface area contributed by atoms with E-state index in [1.165, 1.54) is 5.56 Å². The van der Waals surface area contributed by atoms with E-state index in [0.29, 0.717) is 0 Å². The zero-order chi connectivity index (χ0) is 8.97. The standard InChI is InChI=1S/C11H13N/c1-4-10-8-9(3)6-7-11(10)12-5-2/h4-8H,1H2,2-3H3/b12-5-. The molecular formula is C11H13N. The highest BCUT2D eigenvalue weighted by molar-refractivity contribution is 5.69. The first-order chi connectivity index (χ1) is 5.77. The van der Waals surface area contributed by atoms with Crippen molar-refractivity contribution in [3.05, 3.63) is 35.9 Å². The summed E-state index contributed by atoms with van der Waals surface area (Å²) in [7, 11) is 0. The Balaban J connectivity index is 3.19. The zero-order valence-electron chi connectivity index (χ0n) is 7.54. The first-order valence-electron chi connectivity index (χ1n) is 3.99. The van der Waals surface area contributed by atoms with Gasteiger partial charge in [0.05, 0.1) is 5.69 Å². The highest BCUT2D eigenvalue weighted by Gasteiger charge is 1.95. The lowest BCUT2D eigenvalue weighted by atomic mass is 10.1. The van der Waals surface area contributed by atoms with Gasteiger partial charge < -0.3 is 0 Å². The molecule has 0 aromatic heterocycles. The quantitative estimate of drug-likeness (QED) is 0.587. The SMILES string of the molecule is C=Cc1cc(C)ccc1/N=C\C. The fourth-order valence-electron chi connectivity index (χ4n) is 1.09. The molecule has 0 aliphatic carbocycles. The Hall–Kier alpha value is -1.37. The van der Waals surface area contributed by atoms with Crippen LogP contribution in [0.3, 0.4) is 0 Å². The van der Waals surface area contributed by atoms with Crippen molar-refractivity contribution in [2.45, 2.75) is 13.8 Å². The number of aliphatic imine (C=N–C) groups is 1. The third kappa shape index (κ3) is 1.82. The molecule has 0 radical (unpaired) electrons. The summed E-state index contributed by atoms with van der Waals surface area (Å²) in [5.41, 5.74) is 3.31. The van der Waals surface area contributed by atoms with Gasteiger partial charge in [0, 0.05) is 6.21 Å². The van der Waals surface area contributed by atoms with Crippen molar-refractivity contribution >= 4 is 18.0 Å². The molecule has 0 aliphatic heterocycles. The summed E-state index contributed by atoms with van der Waals surface area (Å²) in [5, 5.41) is 0. The Morgan fingerprint density at radius 2 is 2.17 bits per heavy atom. The summed E-state index contributed by atoms with van der Waals surface area (Å²) in [5.74, 6) is 0. The molecule has 0 spiro atoms. The van der Waals surface area contributed by atoms with E-state index >= 15 is 0 Å². The van der Waals surface area contributed by atoms with Crippen LogP contribution in [0, 0.1) is 6.92 Å². The molecule has 1 aromatic carbocycles. The van der Waals surface area contributed by atoms with E-state index in [1.54, 1.807) is 6.21 Å². The Bertz CT molecular complexity index is 311. The average molecular weight is 159 g/mol. The van der Waals surface area contributed by atoms with Crippen molar-refractivity contribution in [1.82, 2.24) is 0 Å². The second-order valence-electron chi connectivity index (χ2n) is 2.65. The molecule has 1 heteroatoms. The maximum atomic E-state index is 4.22. The van der Waals surface area contributed by atoms with E-state index in [1.807, 2.05) is 19.1 Å². The van der Waals surface area contributed by atoms with Crippen molar-refractivity contribution < 1.29 is 0 Å². The monoisotopic (exact) mass is 159 g/mol. The van der Waals surface area contributed by atoms with Crippen molar-refractivity contribution in [2.75, 3.05) is 0 Å². The predicted octanol–water partition coefficient (Wildman–Crippen LogP) is 3.36. The molecular weight excluding hydrogens is 146 g/mol. The van der Waals surface area contributed by atoms with Gasteiger partial charge in [0.1, 0.15) is 0 Å². The molecule has 0 unspecified atom stereocenters. The van der Waals surface area contributed by atoms with Gasteiger partial charge in [0.25, 0.3) is 0 Å². The Labute approximate surface area is 73.5 Å². The van der Waals surface area contributed by atoms with E-state index in [9.17, 15) is 0 Å². The highest BCUT2D eigenvalue weighted by atomic mass is 14.7. The van der Waals surface area contributed by atoms with Crippen LogP contribution in [0.1, 0.15) is 18.1 Å². The maximum Gasteiger partial charge on any atom is 0.0697 e. The zero-order valence-corrected chi connectivity index (χ0v) is 7.54. The second kappa shape index (κ2) is 3.86. The minimum absolute atomic E-state index is 0.984. The van der Waals surface area contributed by atoms with Crippen LogP contribution in [0.25, 0.3) is 6.08 Å². The molecule has 0 atom stereocenters. The molecule has 62 valence electrons. The predicted molar refractivity (Wildman–Crippen MR) is 55.1 cm³/mol. The highest BCUT2D eigenvalue weighted by Crippen LogP contribution is 2.20. The van der Waals surface area contributed by atoms with E-state index < -0.39 is 0 Å². The van der Waals surface area contributed by atoms with E-state index in [4.69, 9.17) is 0 Å². The fraction of sp³-hybridized carbons (Fsp3) is 0.182. The molecule has 0 aliphatic rings. The molecule has 1 rings (SSSR count). The number of nitrogens with zero attached hydrogens (tertiary/aromatic N) is 1. The molecule has 1 nitrogen and oxygen atoms in total. The third-order valence-electron chi connectivity index (χ3n) is 1.67. The molecule has 0 saturated heterocycles. The summed E-state index contributed by atoms with van der Waals surface area (Å²) >= 11 is 0. The normalized spacial score (nSPS) is 10.5. The van der Waals surface area contributed by atoms with Gasteiger partial charge in [0.15, 0.2) is 0 Å². The number of aryl methyl sites for hydroxylation is 1. The lowest BCUT2D eigenvalue weighted by Gasteiger charge is -2.00.